The number of sulfone groups is 2. The van der Waals surface area contributed by atoms with Crippen LogP contribution in [0.3, 0.4) is 0 Å². The van der Waals surface area contributed by atoms with E-state index in [0.717, 1.165) is 62.1 Å². The van der Waals surface area contributed by atoms with Gasteiger partial charge in [-0.3, -0.25) is 0 Å². The fourth-order valence-corrected chi connectivity index (χ4v) is 12.7. The maximum Gasteiger partial charge on any atom is 0.496 e. The summed E-state index contributed by atoms with van der Waals surface area (Å²) in [6.07, 6.45) is 11.1. The number of aryl methyl sites for hydroxylation is 2. The summed E-state index contributed by atoms with van der Waals surface area (Å²) in [5.74, 6) is 0. The van der Waals surface area contributed by atoms with Crippen molar-refractivity contribution in [2.24, 2.45) is 0 Å². The molecule has 0 amide bonds. The Kier molecular flexibility index (Phi) is 14.5. The van der Waals surface area contributed by atoms with E-state index in [0.29, 0.717) is 30.6 Å². The van der Waals surface area contributed by atoms with Crippen molar-refractivity contribution in [1.29, 1.82) is 0 Å². The molecule has 2 aromatic heterocycles. The summed E-state index contributed by atoms with van der Waals surface area (Å²) >= 11 is 3.57. The fourth-order valence-electron chi connectivity index (χ4n) is 9.88. The molecule has 2 aromatic carbocycles. The highest BCUT2D eigenvalue weighted by Crippen LogP contribution is 2.45. The van der Waals surface area contributed by atoms with Gasteiger partial charge in [-0.2, -0.15) is 0 Å². The minimum atomic E-state index is -3.06. The molecule has 9 rings (SSSR count). The zero-order chi connectivity index (χ0) is 52.1. The third-order valence-electron chi connectivity index (χ3n) is 16.5. The minimum absolute atomic E-state index is 0.0987. The van der Waals surface area contributed by atoms with Crippen LogP contribution in [0.15, 0.2) is 41.1 Å². The molecule has 20 heteroatoms. The lowest BCUT2D eigenvalue weighted by Gasteiger charge is -2.32. The maximum absolute atomic E-state index is 12.1. The quantitative estimate of drug-likeness (QED) is 0.135. The first-order chi connectivity index (χ1) is 32.0. The molecule has 4 aromatic rings. The van der Waals surface area contributed by atoms with Crippen LogP contribution in [0.5, 0.6) is 0 Å². The third kappa shape index (κ3) is 10.3. The van der Waals surface area contributed by atoms with E-state index in [-0.39, 0.29) is 45.0 Å². The van der Waals surface area contributed by atoms with E-state index < -0.39 is 52.0 Å². The number of hydrogen-bond donors (Lipinski definition) is 0. The summed E-state index contributed by atoms with van der Waals surface area (Å²) in [5, 5.41) is 1.41. The average Bonchev–Trinajstić information content (AvgIpc) is 4.09. The largest absolute Gasteiger partial charge is 0.496 e. The lowest BCUT2D eigenvalue weighted by atomic mass is 9.49. The minimum Gasteiger partial charge on any atom is -0.405 e. The molecule has 0 radical (unpaired) electrons. The lowest BCUT2D eigenvalue weighted by molar-refractivity contribution is 0.00578. The van der Waals surface area contributed by atoms with E-state index in [9.17, 15) is 16.8 Å². The van der Waals surface area contributed by atoms with Crippen molar-refractivity contribution in [1.82, 2.24) is 9.13 Å². The smallest absolute Gasteiger partial charge is 0.405 e. The number of aromatic nitrogens is 2. The Labute approximate surface area is 426 Å². The van der Waals surface area contributed by atoms with Crippen LogP contribution >= 0.6 is 15.9 Å². The third-order valence-corrected chi connectivity index (χ3v) is 20.4. The van der Waals surface area contributed by atoms with Crippen LogP contribution in [0.4, 0.5) is 11.4 Å². The summed E-state index contributed by atoms with van der Waals surface area (Å²) in [7, 11) is -7.52. The van der Waals surface area contributed by atoms with Crippen molar-refractivity contribution in [3.63, 3.8) is 0 Å². The molecule has 5 heterocycles. The van der Waals surface area contributed by atoms with E-state index in [1.807, 2.05) is 127 Å². The molecular weight excluding hydrogens is 993 g/mol. The Morgan fingerprint density at radius 2 is 0.900 bits per heavy atom. The lowest BCUT2D eigenvalue weighted by Crippen LogP contribution is -2.41. The van der Waals surface area contributed by atoms with Crippen molar-refractivity contribution in [3.8, 4) is 0 Å². The molecule has 0 N–H and O–H groups in total. The van der Waals surface area contributed by atoms with Gasteiger partial charge in [0.25, 0.3) is 0 Å². The maximum atomic E-state index is 12.1. The van der Waals surface area contributed by atoms with Gasteiger partial charge in [-0.05, 0) is 192 Å². The number of fused-ring (bicyclic) bond motifs is 2. The normalized spacial score (nSPS) is 26.2. The van der Waals surface area contributed by atoms with Gasteiger partial charge in [-0.25, -0.2) is 26.5 Å². The van der Waals surface area contributed by atoms with E-state index in [4.69, 9.17) is 41.1 Å². The van der Waals surface area contributed by atoms with Crippen LogP contribution in [0, 0.1) is 27.0 Å². The van der Waals surface area contributed by atoms with Crippen LogP contribution in [0.2, 0.25) is 0 Å². The first-order valence-corrected chi connectivity index (χ1v) is 28.9. The molecule has 5 aliphatic rings. The molecule has 378 valence electrons. The molecule has 2 saturated carbocycles. The Morgan fingerprint density at radius 1 is 0.557 bits per heavy atom. The van der Waals surface area contributed by atoms with Crippen LogP contribution in [0.1, 0.15) is 145 Å². The predicted octanol–water partition coefficient (Wildman–Crippen LogP) is 10.6. The van der Waals surface area contributed by atoms with Gasteiger partial charge in [-0.1, -0.05) is 0 Å². The second-order valence-electron chi connectivity index (χ2n) is 23.1. The second-order valence-corrected chi connectivity index (χ2v) is 28.6. The van der Waals surface area contributed by atoms with Gasteiger partial charge in [0.1, 0.15) is 19.7 Å². The van der Waals surface area contributed by atoms with Gasteiger partial charge in [0.15, 0.2) is 11.4 Å². The molecule has 4 atom stereocenters. The molecule has 3 saturated heterocycles. The molecule has 0 spiro atoms. The first-order valence-electron chi connectivity index (χ1n) is 24.2. The topological polar surface area (TPSA) is 142 Å². The molecule has 3 aliphatic heterocycles. The Morgan fingerprint density at radius 3 is 1.26 bits per heavy atom. The van der Waals surface area contributed by atoms with Gasteiger partial charge in [0, 0.05) is 63.3 Å². The molecule has 0 unspecified atom stereocenters. The van der Waals surface area contributed by atoms with Gasteiger partial charge in [0.2, 0.25) is 0 Å². The van der Waals surface area contributed by atoms with E-state index in [1.54, 1.807) is 0 Å². The molecule has 5 fully saturated rings. The standard InChI is InChI=1S/C22H29BN2O4S.C16H17BrN2O2S.C12H24B2O4/c1-14-10-20-17(12-19(14)24-6)18(23-28-21(2,3)22(4,5)29-23)13-25(20)15-8-9-16(11-15)30(7,26)27;1-10-6-16-13(8-15(10)18-2)14(17)9-19(16)11-4-5-12(7-11)22(3,20)21;1-9(2)10(3,4)16-13(15-9)14-17-11(5,6)12(7,8)18-14/h10,12-13,15-16H,8-9,11H2,1-5,7H3;6,8-9,11-12H,4-5,7H2,1,3H3;1-8H3/t15-,16+;11-,12+;/m11./s1. The highest BCUT2D eigenvalue weighted by atomic mass is 79.9. The molecule has 14 nitrogen and oxygen atoms in total. The number of halogens is 1. The molecule has 0 bridgehead atoms. The predicted molar refractivity (Wildman–Crippen MR) is 284 cm³/mol. The summed E-state index contributed by atoms with van der Waals surface area (Å²) < 4.78 is 89.5. The van der Waals surface area contributed by atoms with Crippen molar-refractivity contribution in [2.45, 2.75) is 192 Å². The molecular formula is C50H70B3BrN4O10S2. The zero-order valence-electron chi connectivity index (χ0n) is 43.8. The molecule has 2 aliphatic carbocycles. The summed E-state index contributed by atoms with van der Waals surface area (Å²) in [4.78, 5) is 7.23. The summed E-state index contributed by atoms with van der Waals surface area (Å²) in [5.41, 5.74) is 3.73. The SMILES string of the molecule is CC1(C)OB(B2OC(C)(C)C(C)(C)O2)OC1(C)C.[C-]#[N+]c1cc2c(B3OC(C)(C)C(C)(C)O3)cn([C@@H]3CC[C@H](S(C)(=O)=O)C3)c2cc1C.[C-]#[N+]c1cc2c(Br)cn([C@@H]3CC[C@H](S(C)(=O)=O)C3)c2cc1C. The summed E-state index contributed by atoms with van der Waals surface area (Å²) in [6, 6.07) is 8.18. The van der Waals surface area contributed by atoms with Crippen LogP contribution in [0.25, 0.3) is 31.5 Å². The number of rotatable bonds is 6. The number of benzene rings is 2. The van der Waals surface area contributed by atoms with Gasteiger partial charge < -0.3 is 37.1 Å². The number of hydrogen-bond acceptors (Lipinski definition) is 10. The Balaban J connectivity index is 0.000000161. The van der Waals surface area contributed by atoms with Gasteiger partial charge in [0.05, 0.1) is 57.3 Å². The second kappa shape index (κ2) is 18.6. The van der Waals surface area contributed by atoms with Crippen LogP contribution in [-0.2, 0) is 47.6 Å². The zero-order valence-corrected chi connectivity index (χ0v) is 47.0. The highest BCUT2D eigenvalue weighted by Gasteiger charge is 2.64. The van der Waals surface area contributed by atoms with Gasteiger partial charge >= 0.3 is 21.1 Å². The Hall–Kier alpha value is -3.17. The van der Waals surface area contributed by atoms with Crippen molar-refractivity contribution < 1.29 is 44.8 Å². The fraction of sp³-hybridized carbons (Fsp3) is 0.640. The van der Waals surface area contributed by atoms with Crippen molar-refractivity contribution in [3.05, 3.63) is 75.1 Å². The monoisotopic (exact) mass is 1060 g/mol. The highest BCUT2D eigenvalue weighted by molar-refractivity contribution is 9.10. The van der Waals surface area contributed by atoms with Crippen molar-refractivity contribution in [2.75, 3.05) is 12.5 Å². The van der Waals surface area contributed by atoms with Crippen LogP contribution < -0.4 is 5.46 Å². The first kappa shape index (κ1) is 54.6. The van der Waals surface area contributed by atoms with Crippen LogP contribution in [-0.4, -0.2) is 104 Å². The molecule has 70 heavy (non-hydrogen) atoms. The van der Waals surface area contributed by atoms with E-state index in [2.05, 4.69) is 41.0 Å². The van der Waals surface area contributed by atoms with E-state index >= 15 is 0 Å². The van der Waals surface area contributed by atoms with Crippen molar-refractivity contribution >= 4 is 95.4 Å². The summed E-state index contributed by atoms with van der Waals surface area (Å²) in [6.45, 7) is 42.9. The van der Waals surface area contributed by atoms with E-state index in [1.165, 1.54) is 12.5 Å². The Bertz CT molecular complexity index is 2930. The van der Waals surface area contributed by atoms with Gasteiger partial charge in [-0.15, -0.1) is 0 Å². The number of nitrogens with zero attached hydrogens (tertiary/aromatic N) is 4. The average molecular weight is 1060 g/mol.